The average molecular weight is 347 g/mol. The van der Waals surface area contributed by atoms with Gasteiger partial charge in [-0.3, -0.25) is 0 Å². The van der Waals surface area contributed by atoms with Gasteiger partial charge >= 0.3 is 0 Å². The fourth-order valence-electron chi connectivity index (χ4n) is 2.13. The van der Waals surface area contributed by atoms with Crippen molar-refractivity contribution in [3.8, 4) is 5.75 Å². The summed E-state index contributed by atoms with van der Waals surface area (Å²) in [5.74, 6) is 2.00. The average Bonchev–Trinajstić information content (AvgIpc) is 2.95. The van der Waals surface area contributed by atoms with E-state index >= 15 is 0 Å². The summed E-state index contributed by atoms with van der Waals surface area (Å²) in [4.78, 5) is 4.29. The van der Waals surface area contributed by atoms with Crippen molar-refractivity contribution in [3.05, 3.63) is 52.6 Å². The van der Waals surface area contributed by atoms with Crippen molar-refractivity contribution < 1.29 is 9.26 Å². The molecule has 0 radical (unpaired) electrons. The van der Waals surface area contributed by atoms with Crippen molar-refractivity contribution in [1.82, 2.24) is 10.1 Å². The van der Waals surface area contributed by atoms with Gasteiger partial charge < -0.3 is 9.26 Å². The van der Waals surface area contributed by atoms with E-state index in [0.717, 1.165) is 28.5 Å². The van der Waals surface area contributed by atoms with Crippen LogP contribution in [0.15, 0.2) is 45.4 Å². The number of hydrogen-bond acceptors (Lipinski definition) is 4. The van der Waals surface area contributed by atoms with Crippen LogP contribution < -0.4 is 4.74 Å². The maximum atomic E-state index is 5.79. The summed E-state index contributed by atoms with van der Waals surface area (Å²) < 4.78 is 11.9. The van der Waals surface area contributed by atoms with Crippen LogP contribution in [0, 0.1) is 0 Å². The molecule has 0 fully saturated rings. The second-order valence-electron chi connectivity index (χ2n) is 4.74. The largest absolute Gasteiger partial charge is 0.484 e. The number of aryl methyl sites for hydroxylation is 1. The third kappa shape index (κ3) is 3.08. The molecule has 5 heteroatoms. The van der Waals surface area contributed by atoms with Crippen molar-refractivity contribution in [1.29, 1.82) is 0 Å². The molecule has 0 saturated heterocycles. The first-order valence-electron chi connectivity index (χ1n) is 6.89. The summed E-state index contributed by atoms with van der Waals surface area (Å²) in [7, 11) is 0. The molecule has 21 heavy (non-hydrogen) atoms. The number of aromatic nitrogens is 2. The van der Waals surface area contributed by atoms with Crippen molar-refractivity contribution in [3.63, 3.8) is 0 Å². The highest BCUT2D eigenvalue weighted by molar-refractivity contribution is 9.10. The Hall–Kier alpha value is -1.88. The van der Waals surface area contributed by atoms with Crippen molar-refractivity contribution in [2.45, 2.75) is 26.4 Å². The second kappa shape index (κ2) is 6.26. The Morgan fingerprint density at radius 1 is 1.19 bits per heavy atom. The highest BCUT2D eigenvalue weighted by Gasteiger charge is 2.09. The molecule has 0 amide bonds. The van der Waals surface area contributed by atoms with Crippen LogP contribution in [-0.2, 0) is 13.0 Å². The zero-order valence-electron chi connectivity index (χ0n) is 11.7. The molecular weight excluding hydrogens is 332 g/mol. The third-order valence-electron chi connectivity index (χ3n) is 3.16. The zero-order valence-corrected chi connectivity index (χ0v) is 13.3. The summed E-state index contributed by atoms with van der Waals surface area (Å²) in [5.41, 5.74) is 0. The number of halogens is 1. The Morgan fingerprint density at radius 3 is 2.90 bits per heavy atom. The van der Waals surface area contributed by atoms with Gasteiger partial charge in [0.25, 0.3) is 0 Å². The molecule has 0 aliphatic rings. The van der Waals surface area contributed by atoms with Crippen LogP contribution in [0.5, 0.6) is 5.75 Å². The van der Waals surface area contributed by atoms with Crippen molar-refractivity contribution in [2.24, 2.45) is 0 Å². The highest BCUT2D eigenvalue weighted by atomic mass is 79.9. The van der Waals surface area contributed by atoms with E-state index in [1.54, 1.807) is 0 Å². The molecule has 1 aromatic heterocycles. The topological polar surface area (TPSA) is 48.2 Å². The Labute approximate surface area is 131 Å². The lowest BCUT2D eigenvalue weighted by atomic mass is 10.1. The number of fused-ring (bicyclic) bond motifs is 1. The van der Waals surface area contributed by atoms with Gasteiger partial charge in [-0.15, -0.1) is 0 Å². The zero-order chi connectivity index (χ0) is 14.7. The van der Waals surface area contributed by atoms with E-state index in [1.807, 2.05) is 24.3 Å². The first-order valence-corrected chi connectivity index (χ1v) is 7.68. The second-order valence-corrected chi connectivity index (χ2v) is 5.53. The molecule has 3 aromatic rings. The van der Waals surface area contributed by atoms with Crippen molar-refractivity contribution in [2.75, 3.05) is 0 Å². The van der Waals surface area contributed by atoms with Crippen LogP contribution in [0.25, 0.3) is 10.8 Å². The monoisotopic (exact) mass is 346 g/mol. The lowest BCUT2D eigenvalue weighted by Gasteiger charge is -2.08. The smallest absolute Gasteiger partial charge is 0.226 e. The van der Waals surface area contributed by atoms with Gasteiger partial charge in [-0.25, -0.2) is 0 Å². The summed E-state index contributed by atoms with van der Waals surface area (Å²) in [6.07, 6.45) is 1.78. The predicted octanol–water partition coefficient (Wildman–Crippen LogP) is 4.52. The van der Waals surface area contributed by atoms with Crippen LogP contribution in [0.2, 0.25) is 0 Å². The summed E-state index contributed by atoms with van der Waals surface area (Å²) in [5, 5.41) is 6.20. The van der Waals surface area contributed by atoms with Gasteiger partial charge in [0.1, 0.15) is 5.75 Å². The molecule has 0 aliphatic carbocycles. The molecule has 0 bridgehead atoms. The molecule has 108 valence electrons. The highest BCUT2D eigenvalue weighted by Crippen LogP contribution is 2.33. The number of benzene rings is 2. The van der Waals surface area contributed by atoms with Gasteiger partial charge in [-0.2, -0.15) is 4.98 Å². The molecule has 0 aliphatic heterocycles. The van der Waals surface area contributed by atoms with E-state index < -0.39 is 0 Å². The van der Waals surface area contributed by atoms with E-state index in [4.69, 9.17) is 9.26 Å². The van der Waals surface area contributed by atoms with E-state index in [-0.39, 0.29) is 0 Å². The predicted molar refractivity (Wildman–Crippen MR) is 84.3 cm³/mol. The van der Waals surface area contributed by atoms with E-state index in [2.05, 4.69) is 45.1 Å². The number of hydrogen-bond donors (Lipinski definition) is 0. The Balaban J connectivity index is 1.76. The van der Waals surface area contributed by atoms with Gasteiger partial charge in [0.05, 0.1) is 4.47 Å². The molecule has 2 aromatic carbocycles. The van der Waals surface area contributed by atoms with Gasteiger partial charge in [0.2, 0.25) is 11.7 Å². The fraction of sp³-hybridized carbons (Fsp3) is 0.250. The minimum absolute atomic E-state index is 0.296. The Kier molecular flexibility index (Phi) is 4.20. The normalized spacial score (nSPS) is 11.0. The quantitative estimate of drug-likeness (QED) is 0.681. The fourth-order valence-corrected chi connectivity index (χ4v) is 2.74. The molecule has 0 unspecified atom stereocenters. The minimum atomic E-state index is 0.296. The third-order valence-corrected chi connectivity index (χ3v) is 3.98. The molecule has 1 heterocycles. The summed E-state index contributed by atoms with van der Waals surface area (Å²) in [6, 6.07) is 12.1. The Bertz CT molecular complexity index is 755. The molecular formula is C16H15BrN2O2. The van der Waals surface area contributed by atoms with Crippen LogP contribution >= 0.6 is 15.9 Å². The number of rotatable bonds is 5. The molecule has 3 rings (SSSR count). The maximum absolute atomic E-state index is 5.79. The molecule has 0 atom stereocenters. The maximum Gasteiger partial charge on any atom is 0.226 e. The van der Waals surface area contributed by atoms with Crippen LogP contribution in [0.4, 0.5) is 0 Å². The molecule has 0 N–H and O–H groups in total. The summed E-state index contributed by atoms with van der Waals surface area (Å²) >= 11 is 3.60. The first kappa shape index (κ1) is 14.1. The summed E-state index contributed by atoms with van der Waals surface area (Å²) in [6.45, 7) is 2.37. The van der Waals surface area contributed by atoms with Gasteiger partial charge in [0, 0.05) is 6.42 Å². The SMILES string of the molecule is CCCc1nc(COc2ccc3ccccc3c2Br)no1. The standard InChI is InChI=1S/C16H15BrN2O2/c1-2-5-15-18-14(19-21-15)10-20-13-9-8-11-6-3-4-7-12(11)16(13)17/h3-4,6-9H,2,5,10H2,1H3. The van der Waals surface area contributed by atoms with E-state index in [9.17, 15) is 0 Å². The molecule has 0 saturated carbocycles. The van der Waals surface area contributed by atoms with E-state index in [1.165, 1.54) is 5.39 Å². The lowest BCUT2D eigenvalue weighted by molar-refractivity contribution is 0.284. The van der Waals surface area contributed by atoms with Gasteiger partial charge in [-0.1, -0.05) is 42.4 Å². The van der Waals surface area contributed by atoms with Crippen molar-refractivity contribution >= 4 is 26.7 Å². The first-order chi connectivity index (χ1) is 10.3. The van der Waals surface area contributed by atoms with E-state index in [0.29, 0.717) is 18.3 Å². The van der Waals surface area contributed by atoms with Crippen LogP contribution in [0.3, 0.4) is 0 Å². The molecule has 0 spiro atoms. The molecule has 4 nitrogen and oxygen atoms in total. The van der Waals surface area contributed by atoms with Crippen LogP contribution in [-0.4, -0.2) is 10.1 Å². The van der Waals surface area contributed by atoms with Crippen LogP contribution in [0.1, 0.15) is 25.1 Å². The number of ether oxygens (including phenoxy) is 1. The Morgan fingerprint density at radius 2 is 2.05 bits per heavy atom. The minimum Gasteiger partial charge on any atom is -0.484 e. The van der Waals surface area contributed by atoms with Gasteiger partial charge in [-0.05, 0) is 39.2 Å². The van der Waals surface area contributed by atoms with Gasteiger partial charge in [0.15, 0.2) is 6.61 Å². The lowest BCUT2D eigenvalue weighted by Crippen LogP contribution is -1.98. The number of nitrogens with zero attached hydrogens (tertiary/aromatic N) is 2.